The average Bonchev–Trinajstić information content (AvgIpc) is 2.73. The molecule has 0 saturated heterocycles. The van der Waals surface area contributed by atoms with Crippen molar-refractivity contribution >= 4 is 22.6 Å². The molecule has 0 radical (unpaired) electrons. The van der Waals surface area contributed by atoms with Crippen molar-refractivity contribution in [2.75, 3.05) is 6.54 Å². The van der Waals surface area contributed by atoms with Crippen LogP contribution >= 0.6 is 0 Å². The molecule has 28 heavy (non-hydrogen) atoms. The highest BCUT2D eigenvalue weighted by Crippen LogP contribution is 2.21. The summed E-state index contributed by atoms with van der Waals surface area (Å²) in [6.07, 6.45) is 0.202. The van der Waals surface area contributed by atoms with Gasteiger partial charge in [-0.2, -0.15) is 0 Å². The first-order chi connectivity index (χ1) is 13.6. The lowest BCUT2D eigenvalue weighted by molar-refractivity contribution is -0.159. The monoisotopic (exact) mass is 373 g/mol. The zero-order chi connectivity index (χ0) is 19.5. The van der Waals surface area contributed by atoms with Crippen molar-refractivity contribution in [3.8, 4) is 0 Å². The molecule has 0 bridgehead atoms. The number of ether oxygens (including phenoxy) is 1. The van der Waals surface area contributed by atoms with E-state index in [0.717, 1.165) is 28.3 Å². The number of carbonyl (C=O) groups excluding carboxylic acids is 2. The van der Waals surface area contributed by atoms with Gasteiger partial charge in [0.25, 0.3) is 5.91 Å². The van der Waals surface area contributed by atoms with Crippen molar-refractivity contribution in [1.29, 1.82) is 0 Å². The Kier molecular flexibility index (Phi) is 5.11. The Morgan fingerprint density at radius 3 is 2.54 bits per heavy atom. The third kappa shape index (κ3) is 3.77. The largest absolute Gasteiger partial charge is 0.452 e. The van der Waals surface area contributed by atoms with Crippen molar-refractivity contribution in [1.82, 2.24) is 4.90 Å². The molecule has 4 nitrogen and oxygen atoms in total. The van der Waals surface area contributed by atoms with Crippen molar-refractivity contribution < 1.29 is 14.3 Å². The number of rotatable bonds is 4. The van der Waals surface area contributed by atoms with E-state index < -0.39 is 6.10 Å². The van der Waals surface area contributed by atoms with Crippen LogP contribution < -0.4 is 0 Å². The lowest BCUT2D eigenvalue weighted by Crippen LogP contribution is -2.42. The fraction of sp³-hybridized carbons (Fsp3) is 0.250. The number of benzene rings is 3. The second-order valence-corrected chi connectivity index (χ2v) is 7.23. The molecule has 142 valence electrons. The third-order valence-electron chi connectivity index (χ3n) is 5.31. The first-order valence-electron chi connectivity index (χ1n) is 9.63. The van der Waals surface area contributed by atoms with Crippen molar-refractivity contribution in [2.45, 2.75) is 32.4 Å². The standard InChI is InChI=1S/C24H23NO3/c1-17(24(27)25-14-13-18-7-2-3-9-21(18)16-25)28-23(26)15-20-11-6-10-19-8-4-5-12-22(19)20/h2-12,17H,13-16H2,1H3/t17-/m0/s1. The summed E-state index contributed by atoms with van der Waals surface area (Å²) in [7, 11) is 0. The zero-order valence-corrected chi connectivity index (χ0v) is 15.9. The Morgan fingerprint density at radius 2 is 1.68 bits per heavy atom. The van der Waals surface area contributed by atoms with Crippen LogP contribution in [0, 0.1) is 0 Å². The summed E-state index contributed by atoms with van der Waals surface area (Å²) in [6.45, 7) is 2.88. The molecule has 0 N–H and O–H groups in total. The topological polar surface area (TPSA) is 46.6 Å². The Hall–Kier alpha value is -3.14. The maximum atomic E-state index is 12.8. The van der Waals surface area contributed by atoms with Crippen LogP contribution in [0.5, 0.6) is 0 Å². The normalized spacial score (nSPS) is 14.4. The maximum absolute atomic E-state index is 12.8. The molecule has 0 fully saturated rings. The second kappa shape index (κ2) is 7.85. The van der Waals surface area contributed by atoms with Crippen LogP contribution in [-0.2, 0) is 33.7 Å². The smallest absolute Gasteiger partial charge is 0.311 e. The van der Waals surface area contributed by atoms with Crippen molar-refractivity contribution in [2.24, 2.45) is 0 Å². The van der Waals surface area contributed by atoms with Gasteiger partial charge >= 0.3 is 5.97 Å². The molecule has 3 aromatic rings. The number of carbonyl (C=O) groups is 2. The van der Waals surface area contributed by atoms with E-state index in [1.54, 1.807) is 11.8 Å². The maximum Gasteiger partial charge on any atom is 0.311 e. The van der Waals surface area contributed by atoms with Gasteiger partial charge in [0.15, 0.2) is 6.10 Å². The minimum atomic E-state index is -0.785. The van der Waals surface area contributed by atoms with E-state index in [1.807, 2.05) is 60.7 Å². The van der Waals surface area contributed by atoms with Crippen LogP contribution in [0.25, 0.3) is 10.8 Å². The Bertz CT molecular complexity index is 1020. The molecule has 1 heterocycles. The van der Waals surface area contributed by atoms with E-state index in [-0.39, 0.29) is 18.3 Å². The quantitative estimate of drug-likeness (QED) is 0.652. The molecule has 1 aliphatic rings. The third-order valence-corrected chi connectivity index (χ3v) is 5.31. The van der Waals surface area contributed by atoms with Crippen LogP contribution in [0.4, 0.5) is 0 Å². The number of esters is 1. The Labute approximate surface area is 164 Å². The van der Waals surface area contributed by atoms with Gasteiger partial charge in [0.2, 0.25) is 0 Å². The first kappa shape index (κ1) is 18.2. The van der Waals surface area contributed by atoms with E-state index >= 15 is 0 Å². The highest BCUT2D eigenvalue weighted by atomic mass is 16.5. The molecular formula is C24H23NO3. The molecule has 3 aromatic carbocycles. The summed E-state index contributed by atoms with van der Waals surface area (Å²) in [4.78, 5) is 27.0. The predicted molar refractivity (Wildman–Crippen MR) is 109 cm³/mol. The molecule has 0 spiro atoms. The molecule has 0 saturated carbocycles. The van der Waals surface area contributed by atoms with Gasteiger partial charge in [-0.1, -0.05) is 66.7 Å². The summed E-state index contributed by atoms with van der Waals surface area (Å²) in [6, 6.07) is 22.0. The minimum Gasteiger partial charge on any atom is -0.452 e. The molecule has 1 atom stereocenters. The minimum absolute atomic E-state index is 0.138. The molecule has 0 unspecified atom stereocenters. The molecule has 1 aliphatic heterocycles. The Morgan fingerprint density at radius 1 is 0.964 bits per heavy atom. The highest BCUT2D eigenvalue weighted by Gasteiger charge is 2.27. The predicted octanol–water partition coefficient (Wildman–Crippen LogP) is 3.90. The number of amides is 1. The van der Waals surface area contributed by atoms with Crippen LogP contribution in [0.2, 0.25) is 0 Å². The van der Waals surface area contributed by atoms with E-state index in [2.05, 4.69) is 6.07 Å². The average molecular weight is 373 g/mol. The van der Waals surface area contributed by atoms with E-state index in [1.165, 1.54) is 5.56 Å². The summed E-state index contributed by atoms with van der Waals surface area (Å²) in [5, 5.41) is 2.12. The number of fused-ring (bicyclic) bond motifs is 2. The van der Waals surface area contributed by atoms with Crippen LogP contribution in [0.15, 0.2) is 66.7 Å². The molecule has 0 aromatic heterocycles. The van der Waals surface area contributed by atoms with Gasteiger partial charge in [0, 0.05) is 13.1 Å². The highest BCUT2D eigenvalue weighted by molar-refractivity contribution is 5.90. The van der Waals surface area contributed by atoms with E-state index in [9.17, 15) is 9.59 Å². The van der Waals surface area contributed by atoms with E-state index in [0.29, 0.717) is 13.1 Å². The van der Waals surface area contributed by atoms with Gasteiger partial charge < -0.3 is 9.64 Å². The molecular weight excluding hydrogens is 350 g/mol. The number of hydrogen-bond acceptors (Lipinski definition) is 3. The lowest BCUT2D eigenvalue weighted by atomic mass is 9.99. The fourth-order valence-corrected chi connectivity index (χ4v) is 3.83. The van der Waals surface area contributed by atoms with Gasteiger partial charge in [0.1, 0.15) is 0 Å². The lowest BCUT2D eigenvalue weighted by Gasteiger charge is -2.30. The molecule has 1 amide bonds. The van der Waals surface area contributed by atoms with Gasteiger partial charge in [-0.05, 0) is 40.8 Å². The van der Waals surface area contributed by atoms with Gasteiger partial charge in [-0.15, -0.1) is 0 Å². The van der Waals surface area contributed by atoms with Crippen LogP contribution in [-0.4, -0.2) is 29.4 Å². The van der Waals surface area contributed by atoms with Gasteiger partial charge in [0.05, 0.1) is 6.42 Å². The Balaban J connectivity index is 1.40. The van der Waals surface area contributed by atoms with Gasteiger partial charge in [-0.25, -0.2) is 0 Å². The van der Waals surface area contributed by atoms with Crippen molar-refractivity contribution in [3.63, 3.8) is 0 Å². The molecule has 4 heteroatoms. The number of nitrogens with zero attached hydrogens (tertiary/aromatic N) is 1. The van der Waals surface area contributed by atoms with Gasteiger partial charge in [-0.3, -0.25) is 9.59 Å². The fourth-order valence-electron chi connectivity index (χ4n) is 3.83. The summed E-state index contributed by atoms with van der Waals surface area (Å²) >= 11 is 0. The van der Waals surface area contributed by atoms with Crippen LogP contribution in [0.1, 0.15) is 23.6 Å². The van der Waals surface area contributed by atoms with Crippen LogP contribution in [0.3, 0.4) is 0 Å². The first-order valence-corrected chi connectivity index (χ1v) is 9.63. The molecule has 4 rings (SSSR count). The number of hydrogen-bond donors (Lipinski definition) is 0. The summed E-state index contributed by atoms with van der Waals surface area (Å²) in [5.41, 5.74) is 3.36. The van der Waals surface area contributed by atoms with E-state index in [4.69, 9.17) is 4.74 Å². The SMILES string of the molecule is C[C@H](OC(=O)Cc1cccc2ccccc12)C(=O)N1CCc2ccccc2C1. The second-order valence-electron chi connectivity index (χ2n) is 7.23. The van der Waals surface area contributed by atoms with Crippen molar-refractivity contribution in [3.05, 3.63) is 83.4 Å². The summed E-state index contributed by atoms with van der Waals surface area (Å²) < 4.78 is 5.48. The molecule has 0 aliphatic carbocycles. The zero-order valence-electron chi connectivity index (χ0n) is 15.9. The summed E-state index contributed by atoms with van der Waals surface area (Å²) in [5.74, 6) is -0.518.